The van der Waals surface area contributed by atoms with Crippen LogP contribution in [0.4, 0.5) is 24.7 Å². The van der Waals surface area contributed by atoms with Crippen LogP contribution in [0.25, 0.3) is 0 Å². The van der Waals surface area contributed by atoms with Gasteiger partial charge < -0.3 is 15.9 Å². The van der Waals surface area contributed by atoms with Crippen LogP contribution in [0, 0.1) is 0 Å². The van der Waals surface area contributed by atoms with Crippen LogP contribution >= 0.6 is 35.4 Å². The number of rotatable bonds is 5. The molecule has 0 bridgehead atoms. The van der Waals surface area contributed by atoms with Gasteiger partial charge in [0.2, 0.25) is 0 Å². The molecule has 1 aliphatic heterocycles. The minimum Gasteiger partial charge on any atom is -0.390 e. The van der Waals surface area contributed by atoms with Crippen LogP contribution < -0.4 is 21.5 Å². The molecule has 1 aromatic carbocycles. The van der Waals surface area contributed by atoms with Crippen molar-refractivity contribution in [1.29, 1.82) is 0 Å². The van der Waals surface area contributed by atoms with Crippen molar-refractivity contribution in [3.05, 3.63) is 52.1 Å². The summed E-state index contributed by atoms with van der Waals surface area (Å²) in [6.07, 6.45) is -4.35. The average molecular weight is 507 g/mol. The van der Waals surface area contributed by atoms with Crippen LogP contribution in [0.3, 0.4) is 0 Å². The molecule has 170 valence electrons. The van der Waals surface area contributed by atoms with Crippen molar-refractivity contribution in [3.63, 3.8) is 0 Å². The smallest absolute Gasteiger partial charge is 0.390 e. The summed E-state index contributed by atoms with van der Waals surface area (Å²) in [6.45, 7) is 0.0918. The van der Waals surface area contributed by atoms with E-state index in [-0.39, 0.29) is 34.6 Å². The number of carbonyl (C=O) groups excluding carboxylic acids is 1. The molecular weight excluding hydrogens is 492 g/mol. The fourth-order valence-corrected chi connectivity index (χ4v) is 3.12. The number of hydrogen-bond donors (Lipinski definition) is 3. The highest BCUT2D eigenvalue weighted by Crippen LogP contribution is 2.32. The lowest BCUT2D eigenvalue weighted by molar-refractivity contribution is -0.137. The lowest BCUT2D eigenvalue weighted by Crippen LogP contribution is -2.51. The predicted octanol–water partition coefficient (Wildman–Crippen LogP) is 3.75. The number of amides is 1. The fraction of sp³-hybridized carbons (Fsp3) is 0.222. The van der Waals surface area contributed by atoms with Crippen LogP contribution in [0.5, 0.6) is 0 Å². The zero-order valence-electron chi connectivity index (χ0n) is 16.0. The van der Waals surface area contributed by atoms with Gasteiger partial charge in [0.25, 0.3) is 5.91 Å². The minimum absolute atomic E-state index is 0.0450. The van der Waals surface area contributed by atoms with Gasteiger partial charge in [-0.3, -0.25) is 10.2 Å². The fourth-order valence-electron chi connectivity index (χ4n) is 2.61. The minimum atomic E-state index is -4.55. The SMILES string of the molecule is NC(=S)N(NC(=O)C1=NOC(CNc2ncc(C(F)(F)F)cc2Cl)C1)c1ccc(Cl)cc1. The molecule has 3 rings (SSSR count). The lowest BCUT2D eigenvalue weighted by atomic mass is 10.1. The number of benzene rings is 1. The molecule has 1 aromatic heterocycles. The second kappa shape index (κ2) is 9.76. The van der Waals surface area contributed by atoms with Crippen molar-refractivity contribution in [2.75, 3.05) is 16.9 Å². The number of halogens is 5. The number of nitrogens with zero attached hydrogens (tertiary/aromatic N) is 3. The highest BCUT2D eigenvalue weighted by Gasteiger charge is 2.32. The zero-order valence-corrected chi connectivity index (χ0v) is 18.3. The van der Waals surface area contributed by atoms with Crippen molar-refractivity contribution in [3.8, 4) is 0 Å². The molecule has 0 fully saturated rings. The zero-order chi connectivity index (χ0) is 23.5. The number of thiocarbonyl (C=S) groups is 1. The first-order valence-corrected chi connectivity index (χ1v) is 10.1. The number of anilines is 2. The van der Waals surface area contributed by atoms with Crippen LogP contribution in [0.15, 0.2) is 41.7 Å². The summed E-state index contributed by atoms with van der Waals surface area (Å²) in [7, 11) is 0. The number of aromatic nitrogens is 1. The summed E-state index contributed by atoms with van der Waals surface area (Å²) in [5, 5.41) is 7.90. The van der Waals surface area contributed by atoms with E-state index in [9.17, 15) is 18.0 Å². The molecule has 0 radical (unpaired) electrons. The quantitative estimate of drug-likeness (QED) is 0.419. The number of oxime groups is 1. The largest absolute Gasteiger partial charge is 0.417 e. The van der Waals surface area contributed by atoms with E-state index in [0.717, 1.165) is 6.07 Å². The average Bonchev–Trinajstić information content (AvgIpc) is 3.20. The predicted molar refractivity (Wildman–Crippen MR) is 119 cm³/mol. The van der Waals surface area contributed by atoms with Crippen molar-refractivity contribution >= 4 is 63.7 Å². The van der Waals surface area contributed by atoms with Crippen LogP contribution in [-0.4, -0.2) is 34.4 Å². The summed E-state index contributed by atoms with van der Waals surface area (Å²) in [6, 6.07) is 7.20. The standard InChI is InChI=1S/C18H15Cl2F3N6O2S/c19-10-1-3-11(4-2-10)29(17(24)32)27-16(30)14-6-12(31-28-14)8-26-15-13(20)5-9(7-25-15)18(21,22)23/h1-5,7,12H,6,8H2,(H2,24,32)(H,25,26)(H,27,30). The Morgan fingerprint density at radius 3 is 2.59 bits per heavy atom. The topological polar surface area (TPSA) is 105 Å². The molecular formula is C18H15Cl2F3N6O2S. The van der Waals surface area contributed by atoms with Crippen LogP contribution in [0.1, 0.15) is 12.0 Å². The second-order valence-corrected chi connectivity index (χ2v) is 7.76. The highest BCUT2D eigenvalue weighted by atomic mass is 35.5. The number of hydrogen-bond acceptors (Lipinski definition) is 6. The third kappa shape index (κ3) is 5.90. The molecule has 0 saturated carbocycles. The molecule has 14 heteroatoms. The Bertz CT molecular complexity index is 1050. The first-order valence-electron chi connectivity index (χ1n) is 8.90. The Morgan fingerprint density at radius 1 is 1.31 bits per heavy atom. The molecule has 8 nitrogen and oxygen atoms in total. The first-order chi connectivity index (χ1) is 15.0. The van der Waals surface area contributed by atoms with Gasteiger partial charge in [-0.2, -0.15) is 13.2 Å². The van der Waals surface area contributed by atoms with Gasteiger partial charge in [0, 0.05) is 17.6 Å². The monoisotopic (exact) mass is 506 g/mol. The normalized spacial score (nSPS) is 15.5. The van der Waals surface area contributed by atoms with Gasteiger partial charge >= 0.3 is 6.18 Å². The number of nitrogens with two attached hydrogens (primary N) is 1. The van der Waals surface area contributed by atoms with Crippen LogP contribution in [-0.2, 0) is 15.8 Å². The summed E-state index contributed by atoms with van der Waals surface area (Å²) in [5.74, 6) is -0.551. The van der Waals surface area contributed by atoms with Crippen molar-refractivity contribution in [2.24, 2.45) is 10.9 Å². The van der Waals surface area contributed by atoms with E-state index >= 15 is 0 Å². The Morgan fingerprint density at radius 2 is 2.00 bits per heavy atom. The van der Waals surface area contributed by atoms with E-state index in [0.29, 0.717) is 16.9 Å². The summed E-state index contributed by atoms with van der Waals surface area (Å²) >= 11 is 16.7. The molecule has 2 aromatic rings. The Balaban J connectivity index is 1.56. The van der Waals surface area contributed by atoms with Gasteiger partial charge in [-0.15, -0.1) is 0 Å². The van der Waals surface area contributed by atoms with Gasteiger partial charge in [0.15, 0.2) is 11.2 Å². The Hall–Kier alpha value is -2.83. The Labute approximate surface area is 195 Å². The molecule has 1 unspecified atom stereocenters. The maximum Gasteiger partial charge on any atom is 0.417 e. The van der Waals surface area contributed by atoms with E-state index in [2.05, 4.69) is 20.9 Å². The third-order valence-corrected chi connectivity index (χ3v) is 4.90. The second-order valence-electron chi connectivity index (χ2n) is 6.49. The van der Waals surface area contributed by atoms with E-state index in [1.54, 1.807) is 24.3 Å². The van der Waals surface area contributed by atoms with Gasteiger partial charge in [0.1, 0.15) is 11.5 Å². The number of alkyl halides is 3. The van der Waals surface area contributed by atoms with Gasteiger partial charge in [0.05, 0.1) is 22.8 Å². The van der Waals surface area contributed by atoms with Gasteiger partial charge in [-0.05, 0) is 42.5 Å². The molecule has 2 heterocycles. The number of nitrogens with one attached hydrogen (secondary N) is 2. The number of pyridine rings is 1. The summed E-state index contributed by atoms with van der Waals surface area (Å²) in [5.41, 5.74) is 7.80. The summed E-state index contributed by atoms with van der Waals surface area (Å²) in [4.78, 5) is 21.4. The van der Waals surface area contributed by atoms with Crippen molar-refractivity contribution in [1.82, 2.24) is 10.4 Å². The van der Waals surface area contributed by atoms with Crippen LogP contribution in [0.2, 0.25) is 10.0 Å². The van der Waals surface area contributed by atoms with E-state index in [4.69, 9.17) is 46.0 Å². The van der Waals surface area contributed by atoms with Crippen molar-refractivity contribution < 1.29 is 22.8 Å². The molecule has 4 N–H and O–H groups in total. The molecule has 1 atom stereocenters. The molecule has 1 aliphatic rings. The number of carbonyl (C=O) groups is 1. The first kappa shape index (κ1) is 23.8. The van der Waals surface area contributed by atoms with Gasteiger partial charge in [-0.1, -0.05) is 28.4 Å². The molecule has 0 spiro atoms. The van der Waals surface area contributed by atoms with Crippen molar-refractivity contribution in [2.45, 2.75) is 18.7 Å². The molecule has 0 saturated heterocycles. The lowest BCUT2D eigenvalue weighted by Gasteiger charge is -2.23. The highest BCUT2D eigenvalue weighted by molar-refractivity contribution is 7.80. The van der Waals surface area contributed by atoms with E-state index in [1.165, 1.54) is 5.01 Å². The molecule has 32 heavy (non-hydrogen) atoms. The Kier molecular flexibility index (Phi) is 7.26. The van der Waals surface area contributed by atoms with E-state index in [1.807, 2.05) is 0 Å². The van der Waals surface area contributed by atoms with Gasteiger partial charge in [-0.25, -0.2) is 9.99 Å². The van der Waals surface area contributed by atoms with E-state index < -0.39 is 23.8 Å². The molecule has 1 amide bonds. The number of hydrazine groups is 1. The summed E-state index contributed by atoms with van der Waals surface area (Å²) < 4.78 is 38.1. The maximum absolute atomic E-state index is 12.7. The molecule has 0 aliphatic carbocycles. The maximum atomic E-state index is 12.7. The third-order valence-electron chi connectivity index (χ3n) is 4.18.